The second-order valence-corrected chi connectivity index (χ2v) is 5.69. The molecule has 1 fully saturated rings. The van der Waals surface area contributed by atoms with Crippen LogP contribution in [0.25, 0.3) is 0 Å². The molecule has 0 spiro atoms. The zero-order valence-electron chi connectivity index (χ0n) is 12.6. The van der Waals surface area contributed by atoms with Crippen molar-refractivity contribution in [2.75, 3.05) is 19.7 Å². The fraction of sp³-hybridized carbons (Fsp3) is 0.600. The van der Waals surface area contributed by atoms with Crippen molar-refractivity contribution in [2.24, 2.45) is 5.41 Å². The van der Waals surface area contributed by atoms with Crippen LogP contribution in [0.3, 0.4) is 0 Å². The number of piperidine rings is 1. The minimum Gasteiger partial charge on any atom is -0.472 e. The molecule has 0 radical (unpaired) electrons. The number of pyridine rings is 1. The fourth-order valence-electron chi connectivity index (χ4n) is 2.42. The van der Waals surface area contributed by atoms with Gasteiger partial charge in [-0.15, -0.1) is 0 Å². The smallest absolute Gasteiger partial charge is 0.272 e. The lowest BCUT2D eigenvalue weighted by molar-refractivity contribution is -0.131. The van der Waals surface area contributed by atoms with E-state index in [0.29, 0.717) is 12.2 Å². The summed E-state index contributed by atoms with van der Waals surface area (Å²) in [5, 5.41) is 6.08. The minimum absolute atomic E-state index is 0.0274. The van der Waals surface area contributed by atoms with Crippen molar-refractivity contribution in [1.29, 1.82) is 0 Å². The SMILES string of the molecule is CC1(C(=O)NCc2cccc(OCC(F)F)n2)CCCNC1. The molecule has 2 heterocycles. The lowest BCUT2D eigenvalue weighted by Crippen LogP contribution is -2.48. The molecule has 7 heteroatoms. The summed E-state index contributed by atoms with van der Waals surface area (Å²) in [6.07, 6.45) is -0.723. The van der Waals surface area contributed by atoms with Crippen LogP contribution >= 0.6 is 0 Å². The Bertz CT molecular complexity index is 505. The van der Waals surface area contributed by atoms with Crippen LogP contribution in [0.2, 0.25) is 0 Å². The number of carbonyl (C=O) groups is 1. The zero-order chi connectivity index (χ0) is 16.0. The van der Waals surface area contributed by atoms with E-state index in [1.807, 2.05) is 6.92 Å². The first kappa shape index (κ1) is 16.6. The number of ether oxygens (including phenoxy) is 1. The molecule has 0 aromatic carbocycles. The summed E-state index contributed by atoms with van der Waals surface area (Å²) >= 11 is 0. The van der Waals surface area contributed by atoms with Gasteiger partial charge in [-0.2, -0.15) is 0 Å². The number of hydrogen-bond donors (Lipinski definition) is 2. The van der Waals surface area contributed by atoms with E-state index in [4.69, 9.17) is 4.74 Å². The monoisotopic (exact) mass is 313 g/mol. The highest BCUT2D eigenvalue weighted by molar-refractivity contribution is 5.82. The van der Waals surface area contributed by atoms with Gasteiger partial charge < -0.3 is 15.4 Å². The van der Waals surface area contributed by atoms with Crippen LogP contribution in [-0.2, 0) is 11.3 Å². The van der Waals surface area contributed by atoms with E-state index in [0.717, 1.165) is 19.4 Å². The molecule has 1 aliphatic rings. The molecule has 1 amide bonds. The number of nitrogens with zero attached hydrogens (tertiary/aromatic N) is 1. The molecule has 0 saturated carbocycles. The summed E-state index contributed by atoms with van der Waals surface area (Å²) in [5.74, 6) is 0.109. The molecule has 1 saturated heterocycles. The zero-order valence-corrected chi connectivity index (χ0v) is 12.6. The Morgan fingerprint density at radius 3 is 3.05 bits per heavy atom. The third-order valence-electron chi connectivity index (χ3n) is 3.71. The first-order valence-electron chi connectivity index (χ1n) is 7.35. The molecule has 1 aromatic rings. The van der Waals surface area contributed by atoms with Crippen LogP contribution < -0.4 is 15.4 Å². The van der Waals surface area contributed by atoms with Crippen molar-refractivity contribution < 1.29 is 18.3 Å². The number of halogens is 2. The maximum atomic E-state index is 12.3. The summed E-state index contributed by atoms with van der Waals surface area (Å²) in [6.45, 7) is 3.09. The van der Waals surface area contributed by atoms with E-state index in [1.54, 1.807) is 12.1 Å². The molecule has 5 nitrogen and oxygen atoms in total. The van der Waals surface area contributed by atoms with Crippen molar-refractivity contribution in [3.63, 3.8) is 0 Å². The summed E-state index contributed by atoms with van der Waals surface area (Å²) < 4.78 is 29.1. The predicted octanol–water partition coefficient (Wildman–Crippen LogP) is 1.73. The van der Waals surface area contributed by atoms with Crippen molar-refractivity contribution in [1.82, 2.24) is 15.6 Å². The number of nitrogens with one attached hydrogen (secondary N) is 2. The quantitative estimate of drug-likeness (QED) is 0.839. The molecule has 0 aliphatic carbocycles. The average molecular weight is 313 g/mol. The number of rotatable bonds is 6. The third kappa shape index (κ3) is 4.62. The predicted molar refractivity (Wildman–Crippen MR) is 77.8 cm³/mol. The molecule has 2 rings (SSSR count). The van der Waals surface area contributed by atoms with Crippen LogP contribution in [-0.4, -0.2) is 37.0 Å². The molecular weight excluding hydrogens is 292 g/mol. The summed E-state index contributed by atoms with van der Waals surface area (Å²) in [6, 6.07) is 4.90. The molecular formula is C15H21F2N3O2. The van der Waals surface area contributed by atoms with Crippen molar-refractivity contribution in [3.05, 3.63) is 23.9 Å². The second-order valence-electron chi connectivity index (χ2n) is 5.69. The molecule has 2 N–H and O–H groups in total. The third-order valence-corrected chi connectivity index (χ3v) is 3.71. The van der Waals surface area contributed by atoms with Gasteiger partial charge in [0.1, 0.15) is 0 Å². The van der Waals surface area contributed by atoms with Gasteiger partial charge in [0.2, 0.25) is 11.8 Å². The van der Waals surface area contributed by atoms with Crippen LogP contribution in [0.15, 0.2) is 18.2 Å². The molecule has 1 aromatic heterocycles. The van der Waals surface area contributed by atoms with Gasteiger partial charge in [0, 0.05) is 12.6 Å². The van der Waals surface area contributed by atoms with E-state index >= 15 is 0 Å². The van der Waals surface area contributed by atoms with Gasteiger partial charge in [0.15, 0.2) is 6.61 Å². The van der Waals surface area contributed by atoms with Crippen molar-refractivity contribution >= 4 is 5.91 Å². The topological polar surface area (TPSA) is 63.2 Å². The maximum absolute atomic E-state index is 12.3. The highest BCUT2D eigenvalue weighted by Gasteiger charge is 2.34. The van der Waals surface area contributed by atoms with Gasteiger partial charge in [-0.1, -0.05) is 6.07 Å². The summed E-state index contributed by atoms with van der Waals surface area (Å²) in [5.41, 5.74) is 0.162. The van der Waals surface area contributed by atoms with E-state index in [1.165, 1.54) is 6.07 Å². The van der Waals surface area contributed by atoms with Crippen LogP contribution in [0.5, 0.6) is 5.88 Å². The maximum Gasteiger partial charge on any atom is 0.272 e. The lowest BCUT2D eigenvalue weighted by Gasteiger charge is -2.32. The van der Waals surface area contributed by atoms with E-state index in [2.05, 4.69) is 15.6 Å². The van der Waals surface area contributed by atoms with E-state index < -0.39 is 18.4 Å². The van der Waals surface area contributed by atoms with Gasteiger partial charge in [-0.3, -0.25) is 4.79 Å². The minimum atomic E-state index is -2.54. The van der Waals surface area contributed by atoms with Gasteiger partial charge >= 0.3 is 0 Å². The Morgan fingerprint density at radius 1 is 1.55 bits per heavy atom. The molecule has 1 unspecified atom stereocenters. The van der Waals surface area contributed by atoms with Gasteiger partial charge in [0.05, 0.1) is 17.7 Å². The molecule has 1 atom stereocenters. The highest BCUT2D eigenvalue weighted by atomic mass is 19.3. The second kappa shape index (κ2) is 7.49. The van der Waals surface area contributed by atoms with Gasteiger partial charge in [-0.05, 0) is 32.4 Å². The molecule has 1 aliphatic heterocycles. The normalized spacial score (nSPS) is 21.6. The summed E-state index contributed by atoms with van der Waals surface area (Å²) in [4.78, 5) is 16.4. The average Bonchev–Trinajstić information content (AvgIpc) is 2.51. The van der Waals surface area contributed by atoms with Gasteiger partial charge in [0.25, 0.3) is 6.43 Å². The van der Waals surface area contributed by atoms with Crippen molar-refractivity contribution in [2.45, 2.75) is 32.7 Å². The Labute approximate surface area is 128 Å². The highest BCUT2D eigenvalue weighted by Crippen LogP contribution is 2.25. The largest absolute Gasteiger partial charge is 0.472 e. The van der Waals surface area contributed by atoms with Crippen LogP contribution in [0.4, 0.5) is 8.78 Å². The first-order valence-corrected chi connectivity index (χ1v) is 7.35. The Kier molecular flexibility index (Phi) is 5.65. The Morgan fingerprint density at radius 2 is 2.36 bits per heavy atom. The first-order chi connectivity index (χ1) is 10.5. The summed E-state index contributed by atoms with van der Waals surface area (Å²) in [7, 11) is 0. The van der Waals surface area contributed by atoms with Crippen molar-refractivity contribution in [3.8, 4) is 5.88 Å². The van der Waals surface area contributed by atoms with E-state index in [9.17, 15) is 13.6 Å². The van der Waals surface area contributed by atoms with E-state index in [-0.39, 0.29) is 18.3 Å². The Balaban J connectivity index is 1.88. The molecule has 0 bridgehead atoms. The standard InChI is InChI=1S/C15H21F2N3O2/c1-15(6-3-7-18-10-15)14(21)19-8-11-4-2-5-13(20-11)22-9-12(16)17/h2,4-5,12,18H,3,6-10H2,1H3,(H,19,21). The Hall–Kier alpha value is -1.76. The number of hydrogen-bond acceptors (Lipinski definition) is 4. The van der Waals surface area contributed by atoms with Crippen LogP contribution in [0.1, 0.15) is 25.5 Å². The number of aromatic nitrogens is 1. The lowest BCUT2D eigenvalue weighted by atomic mass is 9.82. The molecule has 22 heavy (non-hydrogen) atoms. The fourth-order valence-corrected chi connectivity index (χ4v) is 2.42. The molecule has 122 valence electrons. The number of amides is 1. The number of carbonyl (C=O) groups excluding carboxylic acids is 1. The number of alkyl halides is 2. The van der Waals surface area contributed by atoms with Gasteiger partial charge in [-0.25, -0.2) is 13.8 Å². The van der Waals surface area contributed by atoms with Crippen LogP contribution in [0, 0.1) is 5.41 Å².